The average molecular weight is 234 g/mol. The highest BCUT2D eigenvalue weighted by molar-refractivity contribution is 5.51. The molecule has 1 aliphatic heterocycles. The van der Waals surface area contributed by atoms with E-state index < -0.39 is 5.60 Å². The Bertz CT molecular complexity index is 410. The van der Waals surface area contributed by atoms with Gasteiger partial charge in [-0.1, -0.05) is 12.1 Å². The van der Waals surface area contributed by atoms with Crippen LogP contribution in [0.3, 0.4) is 0 Å². The number of benzene rings is 1. The van der Waals surface area contributed by atoms with Gasteiger partial charge in [-0.3, -0.25) is 0 Å². The predicted molar refractivity (Wildman–Crippen MR) is 65.3 cm³/mol. The first-order valence-electron chi connectivity index (χ1n) is 6.01. The molecule has 1 unspecified atom stereocenters. The zero-order chi connectivity index (χ0) is 12.3. The van der Waals surface area contributed by atoms with Gasteiger partial charge in [0.2, 0.25) is 0 Å². The van der Waals surface area contributed by atoms with Gasteiger partial charge in [0, 0.05) is 12.8 Å². The minimum atomic E-state index is -0.892. The van der Waals surface area contributed by atoms with Crippen LogP contribution in [0.1, 0.15) is 30.9 Å². The topological polar surface area (TPSA) is 46.5 Å². The van der Waals surface area contributed by atoms with Crippen molar-refractivity contribution >= 4 is 6.29 Å². The highest BCUT2D eigenvalue weighted by Gasteiger charge is 2.20. The van der Waals surface area contributed by atoms with Gasteiger partial charge in [-0.15, -0.1) is 0 Å². The zero-order valence-electron chi connectivity index (χ0n) is 10.1. The number of carbonyl (C=O) groups excluding carboxylic acids is 1. The molecule has 0 bridgehead atoms. The maximum Gasteiger partial charge on any atom is 0.122 e. The lowest BCUT2D eigenvalue weighted by molar-refractivity contribution is -0.111. The SMILES string of the molecule is CC(O)(CC=O)CCc1ccc2c(c1)CCO2. The number of rotatable bonds is 5. The number of hydrogen-bond acceptors (Lipinski definition) is 3. The Hall–Kier alpha value is -1.35. The predicted octanol–water partition coefficient (Wildman–Crippen LogP) is 1.89. The van der Waals surface area contributed by atoms with Crippen molar-refractivity contribution in [3.63, 3.8) is 0 Å². The van der Waals surface area contributed by atoms with E-state index in [1.54, 1.807) is 6.92 Å². The molecule has 1 N–H and O–H groups in total. The third-order valence-electron chi connectivity index (χ3n) is 3.23. The summed E-state index contributed by atoms with van der Waals surface area (Å²) in [6, 6.07) is 6.16. The molecular weight excluding hydrogens is 216 g/mol. The third-order valence-corrected chi connectivity index (χ3v) is 3.23. The Kier molecular flexibility index (Phi) is 3.48. The van der Waals surface area contributed by atoms with Gasteiger partial charge in [0.05, 0.1) is 12.2 Å². The Balaban J connectivity index is 1.98. The summed E-state index contributed by atoms with van der Waals surface area (Å²) < 4.78 is 5.44. The summed E-state index contributed by atoms with van der Waals surface area (Å²) in [6.45, 7) is 2.47. The smallest absolute Gasteiger partial charge is 0.122 e. The van der Waals surface area contributed by atoms with E-state index in [1.165, 1.54) is 11.1 Å². The molecule has 0 radical (unpaired) electrons. The van der Waals surface area contributed by atoms with Crippen molar-refractivity contribution in [1.29, 1.82) is 0 Å². The minimum absolute atomic E-state index is 0.195. The maximum absolute atomic E-state index is 10.4. The van der Waals surface area contributed by atoms with E-state index in [2.05, 4.69) is 6.07 Å². The van der Waals surface area contributed by atoms with Gasteiger partial charge in [-0.05, 0) is 37.0 Å². The average Bonchev–Trinajstić information content (AvgIpc) is 2.73. The summed E-state index contributed by atoms with van der Waals surface area (Å²) >= 11 is 0. The van der Waals surface area contributed by atoms with Gasteiger partial charge < -0.3 is 14.6 Å². The van der Waals surface area contributed by atoms with Crippen LogP contribution in [0.5, 0.6) is 5.75 Å². The number of hydrogen-bond donors (Lipinski definition) is 1. The first-order chi connectivity index (χ1) is 8.11. The van der Waals surface area contributed by atoms with Gasteiger partial charge in [-0.25, -0.2) is 0 Å². The van der Waals surface area contributed by atoms with Crippen LogP contribution in [-0.2, 0) is 17.6 Å². The molecule has 0 amide bonds. The number of aldehydes is 1. The number of aliphatic hydroxyl groups is 1. The highest BCUT2D eigenvalue weighted by Crippen LogP contribution is 2.27. The van der Waals surface area contributed by atoms with Crippen LogP contribution >= 0.6 is 0 Å². The normalized spacial score (nSPS) is 17.1. The molecule has 1 aliphatic rings. The van der Waals surface area contributed by atoms with Gasteiger partial charge >= 0.3 is 0 Å². The molecule has 1 aromatic rings. The molecule has 1 heterocycles. The van der Waals surface area contributed by atoms with Crippen LogP contribution in [0.2, 0.25) is 0 Å². The fraction of sp³-hybridized carbons (Fsp3) is 0.500. The molecule has 0 saturated heterocycles. The van der Waals surface area contributed by atoms with E-state index in [9.17, 15) is 9.90 Å². The first-order valence-corrected chi connectivity index (χ1v) is 6.01. The van der Waals surface area contributed by atoms with Crippen LogP contribution in [0.15, 0.2) is 18.2 Å². The van der Waals surface area contributed by atoms with E-state index >= 15 is 0 Å². The van der Waals surface area contributed by atoms with Crippen molar-refractivity contribution < 1.29 is 14.6 Å². The first kappa shape index (κ1) is 12.1. The van der Waals surface area contributed by atoms with Crippen molar-refractivity contribution in [2.75, 3.05) is 6.61 Å². The van der Waals surface area contributed by atoms with Crippen LogP contribution in [0, 0.1) is 0 Å². The van der Waals surface area contributed by atoms with Crippen LogP contribution in [0.25, 0.3) is 0 Å². The van der Waals surface area contributed by atoms with E-state index in [4.69, 9.17) is 4.74 Å². The quantitative estimate of drug-likeness (QED) is 0.791. The Labute approximate surface area is 101 Å². The second-order valence-corrected chi connectivity index (χ2v) is 4.91. The fourth-order valence-electron chi connectivity index (χ4n) is 2.09. The highest BCUT2D eigenvalue weighted by atomic mass is 16.5. The van der Waals surface area contributed by atoms with Crippen molar-refractivity contribution in [3.8, 4) is 5.75 Å². The van der Waals surface area contributed by atoms with Gasteiger partial charge in [0.1, 0.15) is 12.0 Å². The van der Waals surface area contributed by atoms with Crippen molar-refractivity contribution in [3.05, 3.63) is 29.3 Å². The molecule has 1 atom stereocenters. The lowest BCUT2D eigenvalue weighted by Gasteiger charge is -2.20. The Morgan fingerprint density at radius 2 is 2.35 bits per heavy atom. The summed E-state index contributed by atoms with van der Waals surface area (Å²) in [5.41, 5.74) is 1.55. The summed E-state index contributed by atoms with van der Waals surface area (Å²) in [7, 11) is 0. The Morgan fingerprint density at radius 3 is 3.12 bits per heavy atom. The standard InChI is InChI=1S/C14H18O3/c1-14(16,7-8-15)6-4-11-2-3-13-12(10-11)5-9-17-13/h2-3,8,10,16H,4-7,9H2,1H3. The number of ether oxygens (including phenoxy) is 1. The number of fused-ring (bicyclic) bond motifs is 1. The molecule has 0 aliphatic carbocycles. The minimum Gasteiger partial charge on any atom is -0.493 e. The van der Waals surface area contributed by atoms with E-state index in [-0.39, 0.29) is 6.42 Å². The lowest BCUT2D eigenvalue weighted by atomic mass is 9.93. The molecule has 0 aromatic heterocycles. The van der Waals surface area contributed by atoms with E-state index in [1.807, 2.05) is 12.1 Å². The fourth-order valence-corrected chi connectivity index (χ4v) is 2.09. The van der Waals surface area contributed by atoms with Crippen molar-refractivity contribution in [2.45, 2.75) is 38.2 Å². The molecule has 1 aromatic carbocycles. The Morgan fingerprint density at radius 1 is 1.53 bits per heavy atom. The largest absolute Gasteiger partial charge is 0.493 e. The summed E-state index contributed by atoms with van der Waals surface area (Å²) in [6.07, 6.45) is 3.32. The van der Waals surface area contributed by atoms with Gasteiger partial charge in [-0.2, -0.15) is 0 Å². The third kappa shape index (κ3) is 3.07. The molecule has 0 fully saturated rings. The molecule has 3 nitrogen and oxygen atoms in total. The molecule has 3 heteroatoms. The number of aryl methyl sites for hydroxylation is 1. The molecule has 2 rings (SSSR count). The molecular formula is C14H18O3. The summed E-state index contributed by atoms with van der Waals surface area (Å²) in [4.78, 5) is 10.4. The van der Waals surface area contributed by atoms with Crippen LogP contribution < -0.4 is 4.74 Å². The molecule has 0 saturated carbocycles. The van der Waals surface area contributed by atoms with Gasteiger partial charge in [0.25, 0.3) is 0 Å². The maximum atomic E-state index is 10.4. The lowest BCUT2D eigenvalue weighted by Crippen LogP contribution is -2.25. The van der Waals surface area contributed by atoms with E-state index in [0.29, 0.717) is 6.42 Å². The van der Waals surface area contributed by atoms with Gasteiger partial charge in [0.15, 0.2) is 0 Å². The van der Waals surface area contributed by atoms with Crippen LogP contribution in [-0.4, -0.2) is 23.6 Å². The molecule has 92 valence electrons. The summed E-state index contributed by atoms with van der Waals surface area (Å²) in [5.74, 6) is 0.980. The van der Waals surface area contributed by atoms with Crippen LogP contribution in [0.4, 0.5) is 0 Å². The zero-order valence-corrected chi connectivity index (χ0v) is 10.1. The molecule has 0 spiro atoms. The van der Waals surface area contributed by atoms with Crippen molar-refractivity contribution in [1.82, 2.24) is 0 Å². The second-order valence-electron chi connectivity index (χ2n) is 4.91. The van der Waals surface area contributed by atoms with E-state index in [0.717, 1.165) is 31.5 Å². The number of carbonyl (C=O) groups is 1. The summed E-state index contributed by atoms with van der Waals surface area (Å²) in [5, 5.41) is 9.91. The molecule has 17 heavy (non-hydrogen) atoms. The van der Waals surface area contributed by atoms with Crippen molar-refractivity contribution in [2.24, 2.45) is 0 Å². The monoisotopic (exact) mass is 234 g/mol. The second kappa shape index (κ2) is 4.88.